The average molecular weight is 401 g/mol. The third-order valence-electron chi connectivity index (χ3n) is 8.56. The number of carbonyl (C=O) groups is 1. The maximum Gasteiger partial charge on any atom is 0.407 e. The molecule has 6 heteroatoms. The number of ether oxygens (including phenoxy) is 1. The standard InChI is InChI=1S/C23H32N2O4/c26-22(27)25-16-3-4-17(25)12-18(11-16)28-13-19-20(24-29-21(19)15-1-2-15)14-5-7-23(8-6-14)9-10-23/h14-18H,1-13H2,(H,26,27). The lowest BCUT2D eigenvalue weighted by Crippen LogP contribution is -2.47. The molecule has 3 saturated carbocycles. The van der Waals surface area contributed by atoms with Gasteiger partial charge in [-0.1, -0.05) is 5.16 Å². The second-order valence-electron chi connectivity index (χ2n) is 10.4. The molecule has 29 heavy (non-hydrogen) atoms. The molecule has 2 aliphatic heterocycles. The predicted octanol–water partition coefficient (Wildman–Crippen LogP) is 5.18. The van der Waals surface area contributed by atoms with Crippen molar-refractivity contribution >= 4 is 6.09 Å². The highest BCUT2D eigenvalue weighted by molar-refractivity contribution is 5.66. The summed E-state index contributed by atoms with van der Waals surface area (Å²) >= 11 is 0. The van der Waals surface area contributed by atoms with Gasteiger partial charge in [0.05, 0.1) is 18.4 Å². The van der Waals surface area contributed by atoms with Crippen molar-refractivity contribution < 1.29 is 19.2 Å². The monoisotopic (exact) mass is 400 g/mol. The van der Waals surface area contributed by atoms with Crippen molar-refractivity contribution in [2.24, 2.45) is 5.41 Å². The summed E-state index contributed by atoms with van der Waals surface area (Å²) in [7, 11) is 0. The van der Waals surface area contributed by atoms with Gasteiger partial charge in [0.2, 0.25) is 0 Å². The number of carboxylic acid groups (broad SMARTS) is 1. The third-order valence-corrected chi connectivity index (χ3v) is 8.56. The molecule has 2 saturated heterocycles. The summed E-state index contributed by atoms with van der Waals surface area (Å²) in [6.07, 6.45) is 13.4. The van der Waals surface area contributed by atoms with Crippen LogP contribution in [-0.2, 0) is 11.3 Å². The molecule has 6 nitrogen and oxygen atoms in total. The van der Waals surface area contributed by atoms with Gasteiger partial charge in [-0.2, -0.15) is 0 Å². The van der Waals surface area contributed by atoms with E-state index < -0.39 is 6.09 Å². The van der Waals surface area contributed by atoms with Crippen LogP contribution in [-0.4, -0.2) is 39.4 Å². The number of aromatic nitrogens is 1. The lowest BCUT2D eigenvalue weighted by Gasteiger charge is -2.37. The number of rotatable bonds is 5. The number of hydrogen-bond acceptors (Lipinski definition) is 4. The van der Waals surface area contributed by atoms with Crippen molar-refractivity contribution in [2.75, 3.05) is 0 Å². The summed E-state index contributed by atoms with van der Waals surface area (Å²) in [5.74, 6) is 2.15. The topological polar surface area (TPSA) is 75.8 Å². The van der Waals surface area contributed by atoms with Crippen LogP contribution in [0.15, 0.2) is 4.52 Å². The Morgan fingerprint density at radius 1 is 1.03 bits per heavy atom. The van der Waals surface area contributed by atoms with E-state index in [-0.39, 0.29) is 18.2 Å². The molecule has 2 unspecified atom stereocenters. The maximum absolute atomic E-state index is 11.5. The zero-order chi connectivity index (χ0) is 19.6. The number of piperidine rings is 1. The van der Waals surface area contributed by atoms with E-state index in [1.54, 1.807) is 4.90 Å². The first kappa shape index (κ1) is 18.2. The van der Waals surface area contributed by atoms with Crippen LogP contribution in [0.3, 0.4) is 0 Å². The zero-order valence-corrected chi connectivity index (χ0v) is 17.1. The van der Waals surface area contributed by atoms with Gasteiger partial charge < -0.3 is 19.3 Å². The fourth-order valence-corrected chi connectivity index (χ4v) is 6.42. The lowest BCUT2D eigenvalue weighted by atomic mass is 9.77. The molecule has 1 aromatic heterocycles. The summed E-state index contributed by atoms with van der Waals surface area (Å²) in [4.78, 5) is 13.2. The van der Waals surface area contributed by atoms with Crippen LogP contribution < -0.4 is 0 Å². The van der Waals surface area contributed by atoms with E-state index in [0.29, 0.717) is 23.9 Å². The van der Waals surface area contributed by atoms with E-state index in [2.05, 4.69) is 5.16 Å². The highest BCUT2D eigenvalue weighted by Crippen LogP contribution is 2.59. The molecule has 3 heterocycles. The Hall–Kier alpha value is -1.56. The van der Waals surface area contributed by atoms with Crippen molar-refractivity contribution in [1.82, 2.24) is 10.1 Å². The van der Waals surface area contributed by atoms with Gasteiger partial charge in [-0.25, -0.2) is 4.79 Å². The van der Waals surface area contributed by atoms with E-state index >= 15 is 0 Å². The second-order valence-corrected chi connectivity index (χ2v) is 10.4. The Morgan fingerprint density at radius 2 is 1.72 bits per heavy atom. The van der Waals surface area contributed by atoms with Crippen LogP contribution in [0.2, 0.25) is 0 Å². The minimum Gasteiger partial charge on any atom is -0.465 e. The van der Waals surface area contributed by atoms with Crippen LogP contribution in [0.25, 0.3) is 0 Å². The van der Waals surface area contributed by atoms with Crippen molar-refractivity contribution in [2.45, 2.75) is 114 Å². The Kier molecular flexibility index (Phi) is 4.23. The van der Waals surface area contributed by atoms with Gasteiger partial charge in [-0.3, -0.25) is 0 Å². The minimum absolute atomic E-state index is 0.133. The molecular formula is C23H32N2O4. The summed E-state index contributed by atoms with van der Waals surface area (Å²) < 4.78 is 12.3. The van der Waals surface area contributed by atoms with Gasteiger partial charge in [0.25, 0.3) is 0 Å². The van der Waals surface area contributed by atoms with Crippen molar-refractivity contribution in [1.29, 1.82) is 0 Å². The first-order chi connectivity index (χ1) is 14.1. The molecule has 2 bridgehead atoms. The fraction of sp³-hybridized carbons (Fsp3) is 0.826. The average Bonchev–Trinajstić information content (AvgIpc) is 3.63. The van der Waals surface area contributed by atoms with Crippen LogP contribution in [0, 0.1) is 5.41 Å². The molecule has 1 amide bonds. The molecule has 2 atom stereocenters. The van der Waals surface area contributed by atoms with Gasteiger partial charge in [-0.05, 0) is 82.5 Å². The van der Waals surface area contributed by atoms with Gasteiger partial charge in [0, 0.05) is 29.5 Å². The molecule has 1 aromatic rings. The zero-order valence-electron chi connectivity index (χ0n) is 17.1. The van der Waals surface area contributed by atoms with Crippen molar-refractivity contribution in [3.05, 3.63) is 17.0 Å². The SMILES string of the molecule is O=C(O)N1C2CCC1CC(OCc1c(C3CCC4(CC3)CC4)noc1C1CC1)C2. The summed E-state index contributed by atoms with van der Waals surface area (Å²) in [5.41, 5.74) is 3.10. The van der Waals surface area contributed by atoms with E-state index in [0.717, 1.165) is 31.4 Å². The predicted molar refractivity (Wildman–Crippen MR) is 106 cm³/mol. The number of nitrogens with zero attached hydrogens (tertiary/aromatic N) is 2. The smallest absolute Gasteiger partial charge is 0.407 e. The van der Waals surface area contributed by atoms with E-state index in [1.807, 2.05) is 0 Å². The third kappa shape index (κ3) is 3.28. The number of fused-ring (bicyclic) bond motifs is 2. The Morgan fingerprint density at radius 3 is 2.31 bits per heavy atom. The quantitative estimate of drug-likeness (QED) is 0.737. The minimum atomic E-state index is -0.765. The summed E-state index contributed by atoms with van der Waals surface area (Å²) in [6.45, 7) is 0.587. The molecule has 1 N–H and O–H groups in total. The normalized spacial score (nSPS) is 33.4. The molecule has 0 aromatic carbocycles. The van der Waals surface area contributed by atoms with Gasteiger partial charge in [0.1, 0.15) is 5.76 Å². The fourth-order valence-electron chi connectivity index (χ4n) is 6.42. The van der Waals surface area contributed by atoms with Crippen LogP contribution in [0.5, 0.6) is 0 Å². The van der Waals surface area contributed by atoms with Crippen molar-refractivity contribution in [3.8, 4) is 0 Å². The molecular weight excluding hydrogens is 368 g/mol. The van der Waals surface area contributed by atoms with E-state index in [4.69, 9.17) is 9.26 Å². The van der Waals surface area contributed by atoms with Crippen LogP contribution in [0.1, 0.15) is 106 Å². The Bertz CT molecular complexity index is 773. The molecule has 158 valence electrons. The Labute approximate surface area is 171 Å². The summed E-state index contributed by atoms with van der Waals surface area (Å²) in [5, 5.41) is 14.0. The first-order valence-corrected chi connectivity index (χ1v) is 11.7. The molecule has 1 spiro atoms. The van der Waals surface area contributed by atoms with Crippen LogP contribution in [0.4, 0.5) is 4.79 Å². The Balaban J connectivity index is 1.15. The highest BCUT2D eigenvalue weighted by atomic mass is 16.5. The molecule has 0 radical (unpaired) electrons. The summed E-state index contributed by atoms with van der Waals surface area (Å²) in [6, 6.07) is 0.267. The van der Waals surface area contributed by atoms with Gasteiger partial charge in [-0.15, -0.1) is 0 Å². The molecule has 3 aliphatic carbocycles. The van der Waals surface area contributed by atoms with Crippen LogP contribution >= 0.6 is 0 Å². The van der Waals surface area contributed by atoms with E-state index in [1.165, 1.54) is 62.6 Å². The first-order valence-electron chi connectivity index (χ1n) is 11.7. The number of amides is 1. The molecule has 6 rings (SSSR count). The largest absolute Gasteiger partial charge is 0.465 e. The van der Waals surface area contributed by atoms with Crippen molar-refractivity contribution in [3.63, 3.8) is 0 Å². The van der Waals surface area contributed by atoms with E-state index in [9.17, 15) is 9.90 Å². The molecule has 5 aliphatic rings. The maximum atomic E-state index is 11.5. The van der Waals surface area contributed by atoms with Gasteiger partial charge in [0.15, 0.2) is 0 Å². The molecule has 5 fully saturated rings. The number of hydrogen-bond donors (Lipinski definition) is 1. The lowest BCUT2D eigenvalue weighted by molar-refractivity contribution is -0.0231. The highest BCUT2D eigenvalue weighted by Gasteiger charge is 2.47. The second kappa shape index (κ2) is 6.73. The van der Waals surface area contributed by atoms with Gasteiger partial charge >= 0.3 is 6.09 Å².